The molecule has 1 aliphatic carbocycles. The first-order chi connectivity index (χ1) is 18.0. The van der Waals surface area contributed by atoms with E-state index in [1.54, 1.807) is 0 Å². The van der Waals surface area contributed by atoms with Crippen LogP contribution < -0.4 is 10.6 Å². The Hall–Kier alpha value is -3.33. The van der Waals surface area contributed by atoms with Gasteiger partial charge in [-0.2, -0.15) is 5.26 Å². The molecule has 2 aromatic rings. The number of hydrogen-bond acceptors (Lipinski definition) is 4. The predicted octanol–water partition coefficient (Wildman–Crippen LogP) is 3.51. The Kier molecular flexibility index (Phi) is 6.75. The minimum Gasteiger partial charge on any atom is -0.356 e. The Morgan fingerprint density at radius 1 is 1.26 bits per heavy atom. The summed E-state index contributed by atoms with van der Waals surface area (Å²) in [6.07, 6.45) is 0.203. The highest BCUT2D eigenvalue weighted by atomic mass is 35.5. The van der Waals surface area contributed by atoms with Crippen LogP contribution in [0.25, 0.3) is 10.9 Å². The number of piperidine rings is 1. The standard InChI is InChI=1S/C25H24ClF4N5O3/c26-19-17(28)6-16(27)14-5-18(34-20(14)19)24(38)35-10-12-7-25(29,30)8-15(12)21(35)23(37)33-13(9-31)4-11-2-1-3-32-22(11)36/h5-6,11-13,15,21,34H,1-4,7-8,10H2,(H,32,36)(H,33,37)/t11-,12+,13-,15+,21+/m1/s1. The second-order valence-electron chi connectivity index (χ2n) is 10.3. The molecule has 0 radical (unpaired) electrons. The van der Waals surface area contributed by atoms with E-state index in [1.807, 2.05) is 6.07 Å². The number of benzene rings is 1. The average molecular weight is 554 g/mol. The summed E-state index contributed by atoms with van der Waals surface area (Å²) in [7, 11) is 0. The number of alkyl halides is 2. The topological polar surface area (TPSA) is 118 Å². The van der Waals surface area contributed by atoms with Crippen molar-refractivity contribution in [2.75, 3.05) is 13.1 Å². The quantitative estimate of drug-likeness (QED) is 0.388. The third-order valence-electron chi connectivity index (χ3n) is 7.78. The molecule has 0 bridgehead atoms. The number of likely N-dealkylation sites (tertiary alicyclic amines) is 1. The van der Waals surface area contributed by atoms with Gasteiger partial charge in [0.25, 0.3) is 5.91 Å². The molecule has 5 rings (SSSR count). The van der Waals surface area contributed by atoms with Crippen molar-refractivity contribution in [3.8, 4) is 6.07 Å². The fourth-order valence-electron chi connectivity index (χ4n) is 6.05. The molecule has 1 saturated carbocycles. The summed E-state index contributed by atoms with van der Waals surface area (Å²) in [5.74, 6) is -8.77. The van der Waals surface area contributed by atoms with Crippen LogP contribution in [0.5, 0.6) is 0 Å². The predicted molar refractivity (Wildman–Crippen MR) is 127 cm³/mol. The zero-order valence-corrected chi connectivity index (χ0v) is 20.8. The van der Waals surface area contributed by atoms with E-state index >= 15 is 0 Å². The summed E-state index contributed by atoms with van der Waals surface area (Å²) in [6.45, 7) is 0.379. The molecule has 0 spiro atoms. The highest BCUT2D eigenvalue weighted by Gasteiger charge is 2.58. The molecule has 38 heavy (non-hydrogen) atoms. The van der Waals surface area contributed by atoms with Gasteiger partial charge in [0.1, 0.15) is 34.4 Å². The number of rotatable bonds is 5. The van der Waals surface area contributed by atoms with Crippen LogP contribution in [0.15, 0.2) is 12.1 Å². The first-order valence-electron chi connectivity index (χ1n) is 12.3. The van der Waals surface area contributed by atoms with Crippen LogP contribution in [0.2, 0.25) is 5.02 Å². The van der Waals surface area contributed by atoms with Gasteiger partial charge in [0.15, 0.2) is 0 Å². The van der Waals surface area contributed by atoms with Gasteiger partial charge in [-0.05, 0) is 37.2 Å². The molecular formula is C25H24ClF4N5O3. The van der Waals surface area contributed by atoms with Gasteiger partial charge in [-0.15, -0.1) is 0 Å². The number of amides is 3. The molecule has 202 valence electrons. The Morgan fingerprint density at radius 2 is 2.03 bits per heavy atom. The number of hydrogen-bond donors (Lipinski definition) is 3. The number of fused-ring (bicyclic) bond motifs is 2. The molecule has 5 atom stereocenters. The summed E-state index contributed by atoms with van der Waals surface area (Å²) in [5, 5.41) is 14.3. The normalized spacial score (nSPS) is 27.1. The number of aromatic amines is 1. The second-order valence-corrected chi connectivity index (χ2v) is 10.7. The first-order valence-corrected chi connectivity index (χ1v) is 12.7. The molecule has 0 unspecified atom stereocenters. The van der Waals surface area contributed by atoms with Crippen molar-refractivity contribution >= 4 is 40.2 Å². The minimum absolute atomic E-state index is 0.0460. The van der Waals surface area contributed by atoms with Crippen molar-refractivity contribution in [2.45, 2.75) is 50.1 Å². The highest BCUT2D eigenvalue weighted by molar-refractivity contribution is 6.35. The van der Waals surface area contributed by atoms with E-state index in [0.29, 0.717) is 19.0 Å². The summed E-state index contributed by atoms with van der Waals surface area (Å²) in [4.78, 5) is 42.8. The molecule has 2 aliphatic heterocycles. The van der Waals surface area contributed by atoms with Crippen LogP contribution in [0.3, 0.4) is 0 Å². The molecule has 1 aromatic carbocycles. The van der Waals surface area contributed by atoms with E-state index in [1.165, 1.54) is 0 Å². The van der Waals surface area contributed by atoms with Crippen LogP contribution in [-0.2, 0) is 9.59 Å². The monoisotopic (exact) mass is 553 g/mol. The Bertz CT molecular complexity index is 1360. The SMILES string of the molecule is N#C[C@@H](C[C@H]1CCCNC1=O)NC(=O)[C@@H]1[C@H]2CC(F)(F)C[C@H]2CN1C(=O)c1cc2c(F)cc(F)c(Cl)c2[nH]1. The summed E-state index contributed by atoms with van der Waals surface area (Å²) in [6, 6.07) is 1.28. The van der Waals surface area contributed by atoms with Gasteiger partial charge < -0.3 is 20.5 Å². The highest BCUT2D eigenvalue weighted by Crippen LogP contribution is 2.50. The fourth-order valence-corrected chi connectivity index (χ4v) is 6.25. The maximum atomic E-state index is 14.3. The molecular weight excluding hydrogens is 530 g/mol. The maximum absolute atomic E-state index is 14.3. The lowest BCUT2D eigenvalue weighted by Gasteiger charge is -2.29. The third-order valence-corrected chi connectivity index (χ3v) is 8.15. The van der Waals surface area contributed by atoms with E-state index in [2.05, 4.69) is 15.6 Å². The number of nitriles is 1. The number of nitrogens with one attached hydrogen (secondary N) is 3. The Morgan fingerprint density at radius 3 is 2.74 bits per heavy atom. The van der Waals surface area contributed by atoms with Crippen LogP contribution in [0, 0.1) is 40.7 Å². The van der Waals surface area contributed by atoms with E-state index in [9.17, 15) is 37.2 Å². The number of halogens is 5. The van der Waals surface area contributed by atoms with Crippen LogP contribution in [-0.4, -0.2) is 58.7 Å². The number of H-pyrrole nitrogens is 1. The number of aromatic nitrogens is 1. The Balaban J connectivity index is 1.41. The molecule has 8 nitrogen and oxygen atoms in total. The average Bonchev–Trinajstić information content (AvgIpc) is 3.53. The van der Waals surface area contributed by atoms with E-state index < -0.39 is 77.1 Å². The second kappa shape index (κ2) is 9.76. The van der Waals surface area contributed by atoms with Crippen molar-refractivity contribution in [1.82, 2.24) is 20.5 Å². The van der Waals surface area contributed by atoms with E-state index in [0.717, 1.165) is 17.4 Å². The number of nitrogens with zero attached hydrogens (tertiary/aromatic N) is 2. The van der Waals surface area contributed by atoms with Crippen molar-refractivity contribution in [3.05, 3.63) is 34.5 Å². The van der Waals surface area contributed by atoms with Crippen LogP contribution in [0.4, 0.5) is 17.6 Å². The van der Waals surface area contributed by atoms with Gasteiger partial charge in [-0.1, -0.05) is 11.6 Å². The van der Waals surface area contributed by atoms with E-state index in [-0.39, 0.29) is 35.5 Å². The molecule has 3 aliphatic rings. The maximum Gasteiger partial charge on any atom is 0.271 e. The zero-order valence-electron chi connectivity index (χ0n) is 20.0. The van der Waals surface area contributed by atoms with Gasteiger partial charge in [0.05, 0.1) is 11.6 Å². The Labute approximate surface area is 219 Å². The summed E-state index contributed by atoms with van der Waals surface area (Å²) >= 11 is 5.92. The molecule has 1 aromatic heterocycles. The summed E-state index contributed by atoms with van der Waals surface area (Å²) < 4.78 is 56.8. The van der Waals surface area contributed by atoms with Gasteiger partial charge in [-0.3, -0.25) is 14.4 Å². The third kappa shape index (κ3) is 4.68. The van der Waals surface area contributed by atoms with Crippen molar-refractivity contribution in [1.29, 1.82) is 5.26 Å². The van der Waals surface area contributed by atoms with Crippen molar-refractivity contribution in [3.63, 3.8) is 0 Å². The van der Waals surface area contributed by atoms with Crippen LogP contribution in [0.1, 0.15) is 42.6 Å². The first kappa shape index (κ1) is 26.3. The summed E-state index contributed by atoms with van der Waals surface area (Å²) in [5.41, 5.74) is -0.332. The fraction of sp³-hybridized carbons (Fsp3) is 0.520. The van der Waals surface area contributed by atoms with Gasteiger partial charge in [0, 0.05) is 43.3 Å². The molecule has 2 saturated heterocycles. The lowest BCUT2D eigenvalue weighted by molar-refractivity contribution is -0.129. The molecule has 13 heteroatoms. The molecule has 3 N–H and O–H groups in total. The zero-order chi connectivity index (χ0) is 27.4. The van der Waals surface area contributed by atoms with Gasteiger partial charge in [0.2, 0.25) is 17.7 Å². The van der Waals surface area contributed by atoms with E-state index in [4.69, 9.17) is 11.6 Å². The van der Waals surface area contributed by atoms with Crippen LogP contribution >= 0.6 is 11.6 Å². The number of carbonyl (C=O) groups is 3. The minimum atomic E-state index is -3.01. The van der Waals surface area contributed by atoms with Gasteiger partial charge in [-0.25, -0.2) is 17.6 Å². The lowest BCUT2D eigenvalue weighted by Crippen LogP contribution is -2.52. The smallest absolute Gasteiger partial charge is 0.271 e. The molecule has 3 amide bonds. The lowest BCUT2D eigenvalue weighted by atomic mass is 9.90. The largest absolute Gasteiger partial charge is 0.356 e. The number of carbonyl (C=O) groups excluding carboxylic acids is 3. The van der Waals surface area contributed by atoms with Gasteiger partial charge >= 0.3 is 0 Å². The van der Waals surface area contributed by atoms with Crippen molar-refractivity contribution in [2.24, 2.45) is 17.8 Å². The van der Waals surface area contributed by atoms with Crippen molar-refractivity contribution < 1.29 is 31.9 Å². The molecule has 3 fully saturated rings. The molecule has 3 heterocycles.